The van der Waals surface area contributed by atoms with Crippen molar-refractivity contribution in [1.82, 2.24) is 10.0 Å². The second-order valence-electron chi connectivity index (χ2n) is 7.95. The maximum atomic E-state index is 12.9. The smallest absolute Gasteiger partial charge is 0.322 e. The summed E-state index contributed by atoms with van der Waals surface area (Å²) in [5.74, 6) is -0.518. The molecular formula is C21H29F3N2O3S. The summed E-state index contributed by atoms with van der Waals surface area (Å²) in [7, 11) is -3.55. The topological polar surface area (TPSA) is 75.3 Å². The van der Waals surface area contributed by atoms with Crippen LogP contribution in [0, 0.1) is 0 Å². The van der Waals surface area contributed by atoms with Gasteiger partial charge in [-0.2, -0.15) is 13.2 Å². The Balaban J connectivity index is 2.91. The molecule has 0 saturated carbocycles. The van der Waals surface area contributed by atoms with E-state index in [2.05, 4.69) is 16.6 Å². The molecule has 0 heterocycles. The molecule has 0 spiro atoms. The Hall–Kier alpha value is -2.13. The van der Waals surface area contributed by atoms with E-state index in [9.17, 15) is 26.4 Å². The first-order valence-corrected chi connectivity index (χ1v) is 10.9. The van der Waals surface area contributed by atoms with Gasteiger partial charge >= 0.3 is 6.18 Å². The van der Waals surface area contributed by atoms with Gasteiger partial charge in [-0.15, -0.1) is 0 Å². The zero-order valence-electron chi connectivity index (χ0n) is 17.9. The summed E-state index contributed by atoms with van der Waals surface area (Å²) < 4.78 is 64.7. The van der Waals surface area contributed by atoms with Crippen LogP contribution in [0.25, 0.3) is 0 Å². The van der Waals surface area contributed by atoms with Crippen LogP contribution in [0.3, 0.4) is 0 Å². The van der Waals surface area contributed by atoms with Crippen LogP contribution in [-0.4, -0.2) is 31.3 Å². The third-order valence-corrected chi connectivity index (χ3v) is 6.60. The van der Waals surface area contributed by atoms with E-state index in [1.165, 1.54) is 19.1 Å². The fourth-order valence-corrected chi connectivity index (χ4v) is 3.26. The van der Waals surface area contributed by atoms with Crippen LogP contribution in [0.4, 0.5) is 13.2 Å². The number of halogens is 3. The molecule has 30 heavy (non-hydrogen) atoms. The van der Waals surface area contributed by atoms with E-state index in [0.717, 1.165) is 6.08 Å². The van der Waals surface area contributed by atoms with Crippen LogP contribution in [0.2, 0.25) is 0 Å². The lowest BCUT2D eigenvalue weighted by atomic mass is 10.0. The van der Waals surface area contributed by atoms with Gasteiger partial charge < -0.3 is 5.32 Å². The van der Waals surface area contributed by atoms with Crippen molar-refractivity contribution in [3.8, 4) is 0 Å². The maximum Gasteiger partial charge on any atom is 0.412 e. The Kier molecular flexibility index (Phi) is 8.45. The fourth-order valence-electron chi connectivity index (χ4n) is 2.33. The number of nitrogens with one attached hydrogen (secondary N) is 2. The number of hydrogen-bond donors (Lipinski definition) is 2. The van der Waals surface area contributed by atoms with Crippen molar-refractivity contribution in [2.24, 2.45) is 0 Å². The summed E-state index contributed by atoms with van der Waals surface area (Å²) in [6, 6.07) is -0.483. The number of carbonyl (C=O) groups is 1. The summed E-state index contributed by atoms with van der Waals surface area (Å²) in [5, 5.41) is 2.56. The highest BCUT2D eigenvalue weighted by molar-refractivity contribution is 7.90. The minimum Gasteiger partial charge on any atom is -0.322 e. The Labute approximate surface area is 176 Å². The summed E-state index contributed by atoms with van der Waals surface area (Å²) in [6.07, 6.45) is 2.36. The minimum absolute atomic E-state index is 0.167. The van der Waals surface area contributed by atoms with Crippen molar-refractivity contribution in [2.75, 3.05) is 0 Å². The molecule has 5 nitrogen and oxygen atoms in total. The molecule has 2 N–H and O–H groups in total. The number of allylic oxidation sites excluding steroid dienone is 4. The zero-order valence-corrected chi connectivity index (χ0v) is 18.7. The highest BCUT2D eigenvalue weighted by Gasteiger charge is 2.32. The number of amides is 1. The van der Waals surface area contributed by atoms with Gasteiger partial charge in [-0.3, -0.25) is 4.79 Å². The molecule has 0 radical (unpaired) electrons. The van der Waals surface area contributed by atoms with Crippen molar-refractivity contribution in [3.63, 3.8) is 0 Å². The average molecular weight is 447 g/mol. The Morgan fingerprint density at radius 1 is 1.27 bits per heavy atom. The molecular weight excluding hydrogens is 417 g/mol. The molecule has 168 valence electrons. The Morgan fingerprint density at radius 3 is 2.27 bits per heavy atom. The van der Waals surface area contributed by atoms with E-state index < -0.39 is 38.5 Å². The van der Waals surface area contributed by atoms with Crippen LogP contribution < -0.4 is 10.0 Å². The Bertz CT molecular complexity index is 903. The van der Waals surface area contributed by atoms with Crippen molar-refractivity contribution in [2.45, 2.75) is 64.4 Å². The van der Waals surface area contributed by atoms with Crippen molar-refractivity contribution >= 4 is 15.9 Å². The van der Waals surface area contributed by atoms with Crippen LogP contribution >= 0.6 is 0 Å². The SMILES string of the molecule is C=C(C)/C(=C\C=C(/CC)C(F)(F)F)NC(=O)C1=CCC(NS(=O)(=O)C(C)(C)C)C=C1. The molecule has 0 bridgehead atoms. The van der Waals surface area contributed by atoms with Gasteiger partial charge in [-0.05, 0) is 52.2 Å². The first kappa shape index (κ1) is 25.9. The standard InChI is InChI=1S/C21H29F3N2O3S/c1-7-16(21(22,23)24)10-13-18(14(2)3)25-19(27)15-8-11-17(12-9-15)26-30(28,29)20(4,5)6/h8-11,13,17,26H,2,7,12H2,1,3-6H3,(H,25,27)/b16-10+,18-13+. The van der Waals surface area contributed by atoms with Crippen LogP contribution in [0.5, 0.6) is 0 Å². The normalized spacial score (nSPS) is 18.8. The molecule has 1 unspecified atom stereocenters. The monoisotopic (exact) mass is 446 g/mol. The van der Waals surface area contributed by atoms with E-state index in [4.69, 9.17) is 0 Å². The Morgan fingerprint density at radius 2 is 1.87 bits per heavy atom. The van der Waals surface area contributed by atoms with Gasteiger partial charge in [0.05, 0.1) is 4.75 Å². The molecule has 0 aliphatic heterocycles. The van der Waals surface area contributed by atoms with Crippen molar-refractivity contribution < 1.29 is 26.4 Å². The van der Waals surface area contributed by atoms with Gasteiger partial charge in [-0.25, -0.2) is 13.1 Å². The van der Waals surface area contributed by atoms with E-state index in [1.54, 1.807) is 39.8 Å². The molecule has 1 aliphatic rings. The summed E-state index contributed by atoms with van der Waals surface area (Å²) in [6.45, 7) is 11.4. The number of hydrogen-bond acceptors (Lipinski definition) is 3. The molecule has 0 aromatic carbocycles. The number of carbonyl (C=O) groups excluding carboxylic acids is 1. The molecule has 0 aromatic heterocycles. The van der Waals surface area contributed by atoms with E-state index in [-0.39, 0.29) is 24.1 Å². The first-order valence-electron chi connectivity index (χ1n) is 9.44. The summed E-state index contributed by atoms with van der Waals surface area (Å²) in [5.41, 5.74) is 0.124. The second-order valence-corrected chi connectivity index (χ2v) is 10.4. The zero-order chi connectivity index (χ0) is 23.3. The largest absolute Gasteiger partial charge is 0.412 e. The van der Waals surface area contributed by atoms with Gasteiger partial charge in [0.2, 0.25) is 10.0 Å². The fraction of sp³-hybridized carbons (Fsp3) is 0.476. The number of sulfonamides is 1. The molecule has 0 fully saturated rings. The third-order valence-electron chi connectivity index (χ3n) is 4.38. The summed E-state index contributed by atoms with van der Waals surface area (Å²) in [4.78, 5) is 12.5. The minimum atomic E-state index is -4.44. The molecule has 1 aliphatic carbocycles. The van der Waals surface area contributed by atoms with Crippen LogP contribution in [0.15, 0.2) is 59.4 Å². The summed E-state index contributed by atoms with van der Waals surface area (Å²) >= 11 is 0. The quantitative estimate of drug-likeness (QED) is 0.568. The molecule has 1 amide bonds. The van der Waals surface area contributed by atoms with Gasteiger partial charge in [0, 0.05) is 22.9 Å². The predicted molar refractivity (Wildman–Crippen MR) is 113 cm³/mol. The van der Waals surface area contributed by atoms with Crippen LogP contribution in [-0.2, 0) is 14.8 Å². The lowest BCUT2D eigenvalue weighted by Crippen LogP contribution is -2.44. The second kappa shape index (κ2) is 9.78. The van der Waals surface area contributed by atoms with Crippen molar-refractivity contribution in [1.29, 1.82) is 0 Å². The first-order chi connectivity index (χ1) is 13.6. The third kappa shape index (κ3) is 7.28. The van der Waals surface area contributed by atoms with E-state index >= 15 is 0 Å². The van der Waals surface area contributed by atoms with Crippen LogP contribution in [0.1, 0.15) is 47.5 Å². The highest BCUT2D eigenvalue weighted by Crippen LogP contribution is 2.28. The van der Waals surface area contributed by atoms with Gasteiger partial charge in [0.1, 0.15) is 0 Å². The lowest BCUT2D eigenvalue weighted by Gasteiger charge is -2.24. The molecule has 1 rings (SSSR count). The molecule has 1 atom stereocenters. The van der Waals surface area contributed by atoms with Crippen molar-refractivity contribution in [3.05, 3.63) is 59.4 Å². The number of alkyl halides is 3. The molecule has 9 heteroatoms. The van der Waals surface area contributed by atoms with E-state index in [1.807, 2.05) is 0 Å². The average Bonchev–Trinajstić information content (AvgIpc) is 2.59. The van der Waals surface area contributed by atoms with Gasteiger partial charge in [0.15, 0.2) is 0 Å². The van der Waals surface area contributed by atoms with Gasteiger partial charge in [0.25, 0.3) is 5.91 Å². The lowest BCUT2D eigenvalue weighted by molar-refractivity contribution is -0.116. The van der Waals surface area contributed by atoms with E-state index in [0.29, 0.717) is 5.57 Å². The highest BCUT2D eigenvalue weighted by atomic mass is 32.2. The maximum absolute atomic E-state index is 12.9. The van der Waals surface area contributed by atoms with Gasteiger partial charge in [-0.1, -0.05) is 37.8 Å². The molecule has 0 aromatic rings. The molecule has 0 saturated heterocycles. The number of rotatable bonds is 7. The predicted octanol–water partition coefficient (Wildman–Crippen LogP) is 4.43.